The smallest absolute Gasteiger partial charge is 0.174 e. The lowest BCUT2D eigenvalue weighted by atomic mass is 9.86. The molecule has 17 heavy (non-hydrogen) atoms. The van der Waals surface area contributed by atoms with Crippen LogP contribution >= 0.6 is 11.8 Å². The van der Waals surface area contributed by atoms with Gasteiger partial charge in [-0.3, -0.25) is 0 Å². The molecule has 1 unspecified atom stereocenters. The summed E-state index contributed by atoms with van der Waals surface area (Å²) in [5.41, 5.74) is 4.44. The number of nitrogens with two attached hydrogens (primary N) is 1. The van der Waals surface area contributed by atoms with Gasteiger partial charge in [-0.25, -0.2) is 0 Å². The van der Waals surface area contributed by atoms with Crippen LogP contribution in [0.1, 0.15) is 5.56 Å². The number of thioether (sulfide) groups is 1. The van der Waals surface area contributed by atoms with Crippen molar-refractivity contribution >= 4 is 19.6 Å². The summed E-state index contributed by atoms with van der Waals surface area (Å²) in [6.45, 7) is 0. The minimum Gasteiger partial charge on any atom is -0.493 e. The van der Waals surface area contributed by atoms with E-state index in [9.17, 15) is 5.11 Å². The fourth-order valence-electron chi connectivity index (χ4n) is 1.56. The zero-order valence-corrected chi connectivity index (χ0v) is 11.0. The minimum atomic E-state index is -1.73. The lowest BCUT2D eigenvalue weighted by Crippen LogP contribution is -2.42. The maximum Gasteiger partial charge on any atom is 0.174 e. The number of rotatable bonds is 5. The number of aliphatic hydroxyl groups is 1. The second-order valence-electron chi connectivity index (χ2n) is 3.70. The first kappa shape index (κ1) is 14.2. The molecule has 0 amide bonds. The van der Waals surface area contributed by atoms with E-state index < -0.39 is 5.62 Å². The standard InChI is InChI=1S/C11H16BNO3S/c1-15-8-4-7(6-11(12,13)14)5-9(17-3)10(8)16-2/h4-5,14H,6,13H2,1-3H3. The Morgan fingerprint density at radius 3 is 2.47 bits per heavy atom. The normalized spacial score (nSPS) is 14.2. The molecular weight excluding hydrogens is 237 g/mol. The first-order valence-corrected chi connectivity index (χ1v) is 6.22. The van der Waals surface area contributed by atoms with E-state index in [1.165, 1.54) is 11.8 Å². The molecule has 0 spiro atoms. The summed E-state index contributed by atoms with van der Waals surface area (Å²) in [6.07, 6.45) is 2.07. The van der Waals surface area contributed by atoms with Gasteiger partial charge in [0.15, 0.2) is 11.5 Å². The summed E-state index contributed by atoms with van der Waals surface area (Å²) in [5, 5.41) is 9.40. The monoisotopic (exact) mass is 253 g/mol. The van der Waals surface area contributed by atoms with Crippen molar-refractivity contribution in [1.82, 2.24) is 0 Å². The Balaban J connectivity index is 3.18. The molecule has 0 saturated heterocycles. The fourth-order valence-corrected chi connectivity index (χ4v) is 2.20. The van der Waals surface area contributed by atoms with Gasteiger partial charge in [0.05, 0.1) is 24.7 Å². The van der Waals surface area contributed by atoms with E-state index in [-0.39, 0.29) is 6.42 Å². The summed E-state index contributed by atoms with van der Waals surface area (Å²) in [4.78, 5) is 0.908. The molecule has 0 bridgehead atoms. The van der Waals surface area contributed by atoms with Gasteiger partial charge in [-0.15, -0.1) is 11.8 Å². The van der Waals surface area contributed by atoms with Crippen molar-refractivity contribution in [2.45, 2.75) is 16.9 Å². The van der Waals surface area contributed by atoms with E-state index in [1.807, 2.05) is 12.3 Å². The third kappa shape index (κ3) is 3.83. The van der Waals surface area contributed by atoms with Crippen molar-refractivity contribution in [3.05, 3.63) is 17.7 Å². The highest BCUT2D eigenvalue weighted by Crippen LogP contribution is 2.38. The lowest BCUT2D eigenvalue weighted by Gasteiger charge is -2.20. The van der Waals surface area contributed by atoms with Crippen LogP contribution in [0.15, 0.2) is 17.0 Å². The van der Waals surface area contributed by atoms with Gasteiger partial charge in [0.1, 0.15) is 7.85 Å². The highest BCUT2D eigenvalue weighted by molar-refractivity contribution is 7.98. The molecule has 3 N–H and O–H groups in total. The summed E-state index contributed by atoms with van der Waals surface area (Å²) in [5.74, 6) is 1.26. The molecule has 1 aromatic rings. The van der Waals surface area contributed by atoms with Crippen LogP contribution in [0.25, 0.3) is 0 Å². The van der Waals surface area contributed by atoms with Gasteiger partial charge in [-0.05, 0) is 24.0 Å². The number of ether oxygens (including phenoxy) is 2. The lowest BCUT2D eigenvalue weighted by molar-refractivity contribution is 0.136. The van der Waals surface area contributed by atoms with Gasteiger partial charge in [-0.1, -0.05) is 0 Å². The van der Waals surface area contributed by atoms with Crippen LogP contribution in [-0.2, 0) is 6.42 Å². The summed E-state index contributed by atoms with van der Waals surface area (Å²) in [7, 11) is 8.52. The van der Waals surface area contributed by atoms with Crippen LogP contribution in [0, 0.1) is 0 Å². The zero-order valence-electron chi connectivity index (χ0n) is 10.2. The molecule has 2 radical (unpaired) electrons. The van der Waals surface area contributed by atoms with E-state index >= 15 is 0 Å². The Kier molecular flexibility index (Phi) is 4.74. The van der Waals surface area contributed by atoms with Gasteiger partial charge in [-0.2, -0.15) is 0 Å². The number of benzene rings is 1. The molecule has 1 atom stereocenters. The molecule has 92 valence electrons. The molecule has 1 rings (SSSR count). The van der Waals surface area contributed by atoms with Crippen LogP contribution in [0.4, 0.5) is 0 Å². The van der Waals surface area contributed by atoms with Crippen LogP contribution in [-0.4, -0.2) is 39.1 Å². The molecule has 0 heterocycles. The molecule has 0 saturated carbocycles. The number of hydrogen-bond donors (Lipinski definition) is 2. The predicted molar refractivity (Wildman–Crippen MR) is 69.9 cm³/mol. The van der Waals surface area contributed by atoms with Gasteiger partial charge < -0.3 is 20.3 Å². The Morgan fingerprint density at radius 1 is 1.41 bits per heavy atom. The van der Waals surface area contributed by atoms with Crippen LogP contribution < -0.4 is 15.2 Å². The highest BCUT2D eigenvalue weighted by atomic mass is 32.2. The number of hydrogen-bond acceptors (Lipinski definition) is 5. The largest absolute Gasteiger partial charge is 0.493 e. The van der Waals surface area contributed by atoms with Crippen LogP contribution in [0.3, 0.4) is 0 Å². The molecule has 0 aliphatic heterocycles. The summed E-state index contributed by atoms with van der Waals surface area (Å²) < 4.78 is 10.5. The van der Waals surface area contributed by atoms with Crippen molar-refractivity contribution in [1.29, 1.82) is 0 Å². The molecule has 4 nitrogen and oxygen atoms in total. The first-order valence-electron chi connectivity index (χ1n) is 5.00. The second kappa shape index (κ2) is 5.66. The quantitative estimate of drug-likeness (QED) is 0.460. The van der Waals surface area contributed by atoms with Crippen LogP contribution in [0.5, 0.6) is 11.5 Å². The zero-order chi connectivity index (χ0) is 13.1. The Labute approximate surface area is 107 Å². The highest BCUT2D eigenvalue weighted by Gasteiger charge is 2.17. The Morgan fingerprint density at radius 2 is 2.06 bits per heavy atom. The van der Waals surface area contributed by atoms with Crippen molar-refractivity contribution in [3.8, 4) is 11.5 Å². The fraction of sp³-hybridized carbons (Fsp3) is 0.455. The summed E-state index contributed by atoms with van der Waals surface area (Å²) in [6, 6.07) is 3.62. The van der Waals surface area contributed by atoms with E-state index in [1.54, 1.807) is 20.3 Å². The Bertz CT molecular complexity index is 368. The molecule has 0 aromatic heterocycles. The maximum absolute atomic E-state index is 9.40. The third-order valence-corrected chi connectivity index (χ3v) is 2.95. The van der Waals surface area contributed by atoms with Gasteiger partial charge >= 0.3 is 0 Å². The predicted octanol–water partition coefficient (Wildman–Crippen LogP) is 0.741. The maximum atomic E-state index is 9.40. The van der Waals surface area contributed by atoms with Crippen molar-refractivity contribution in [2.75, 3.05) is 20.5 Å². The Hall–Kier alpha value is -0.845. The van der Waals surface area contributed by atoms with E-state index in [2.05, 4.69) is 0 Å². The molecule has 0 aliphatic carbocycles. The molecular formula is C11H16BNO3S. The summed E-state index contributed by atoms with van der Waals surface area (Å²) >= 11 is 1.52. The van der Waals surface area contributed by atoms with Gasteiger partial charge in [0, 0.05) is 6.42 Å². The molecule has 0 fully saturated rings. The SMILES string of the molecule is [B]C(N)(O)Cc1cc(OC)c(OC)c(SC)c1. The number of methoxy groups -OCH3 is 2. The van der Waals surface area contributed by atoms with Crippen molar-refractivity contribution < 1.29 is 14.6 Å². The van der Waals surface area contributed by atoms with E-state index in [4.69, 9.17) is 23.1 Å². The molecule has 0 aliphatic rings. The van der Waals surface area contributed by atoms with E-state index in [0.717, 1.165) is 10.5 Å². The second-order valence-corrected chi connectivity index (χ2v) is 4.55. The average Bonchev–Trinajstić information content (AvgIpc) is 2.25. The average molecular weight is 253 g/mol. The topological polar surface area (TPSA) is 64.7 Å². The molecule has 6 heteroatoms. The van der Waals surface area contributed by atoms with Gasteiger partial charge in [0.25, 0.3) is 0 Å². The van der Waals surface area contributed by atoms with E-state index in [0.29, 0.717) is 11.5 Å². The third-order valence-electron chi connectivity index (χ3n) is 2.21. The minimum absolute atomic E-state index is 0.140. The van der Waals surface area contributed by atoms with Crippen LogP contribution in [0.2, 0.25) is 0 Å². The van der Waals surface area contributed by atoms with Gasteiger partial charge in [0.2, 0.25) is 0 Å². The first-order chi connectivity index (χ1) is 7.91. The van der Waals surface area contributed by atoms with Crippen molar-refractivity contribution in [3.63, 3.8) is 0 Å². The molecule has 1 aromatic carbocycles. The van der Waals surface area contributed by atoms with Crippen molar-refractivity contribution in [2.24, 2.45) is 5.73 Å².